The van der Waals surface area contributed by atoms with Gasteiger partial charge in [0.15, 0.2) is 0 Å². The van der Waals surface area contributed by atoms with Crippen LogP contribution in [0, 0.1) is 6.92 Å². The number of anilines is 1. The minimum absolute atomic E-state index is 0.0364. The van der Waals surface area contributed by atoms with Crippen LogP contribution >= 0.6 is 0 Å². The van der Waals surface area contributed by atoms with Gasteiger partial charge in [-0.1, -0.05) is 24.3 Å². The second-order valence-electron chi connectivity index (χ2n) is 6.43. The van der Waals surface area contributed by atoms with Crippen molar-refractivity contribution in [2.45, 2.75) is 25.5 Å². The van der Waals surface area contributed by atoms with Gasteiger partial charge >= 0.3 is 6.09 Å². The number of hydrogen-bond acceptors (Lipinski definition) is 5. The first-order chi connectivity index (χ1) is 13.0. The first-order valence-electron chi connectivity index (χ1n) is 8.65. The normalized spacial score (nSPS) is 18.9. The Morgan fingerprint density at radius 3 is 2.63 bits per heavy atom. The van der Waals surface area contributed by atoms with Gasteiger partial charge in [-0.05, 0) is 36.8 Å². The number of aliphatic hydroxyl groups is 1. The van der Waals surface area contributed by atoms with E-state index in [0.717, 1.165) is 5.56 Å². The summed E-state index contributed by atoms with van der Waals surface area (Å²) in [6.07, 6.45) is -1.32. The molecular formula is C20H22N2O5. The minimum atomic E-state index is -0.832. The Hall–Kier alpha value is -3.06. The highest BCUT2D eigenvalue weighted by Crippen LogP contribution is 2.27. The van der Waals surface area contributed by atoms with Crippen molar-refractivity contribution in [2.75, 3.05) is 19.0 Å². The summed E-state index contributed by atoms with van der Waals surface area (Å²) in [6, 6.07) is 13.2. The Morgan fingerprint density at radius 2 is 1.93 bits per heavy atom. The molecule has 3 rings (SSSR count). The number of aliphatic hydroxyl groups excluding tert-OH is 1. The van der Waals surface area contributed by atoms with Gasteiger partial charge in [0.2, 0.25) is 5.91 Å². The molecule has 0 bridgehead atoms. The number of likely N-dealkylation sites (tertiary alicyclic amines) is 1. The van der Waals surface area contributed by atoms with Crippen LogP contribution in [0.4, 0.5) is 10.5 Å². The van der Waals surface area contributed by atoms with Gasteiger partial charge in [-0.2, -0.15) is 0 Å². The lowest BCUT2D eigenvalue weighted by atomic mass is 10.1. The number of carbonyl (C=O) groups excluding carboxylic acids is 2. The summed E-state index contributed by atoms with van der Waals surface area (Å²) in [5.74, 6) is 0.495. The summed E-state index contributed by atoms with van der Waals surface area (Å²) in [6.45, 7) is 1.94. The number of carbonyl (C=O) groups is 2. The van der Waals surface area contributed by atoms with Crippen molar-refractivity contribution in [1.82, 2.24) is 4.90 Å². The summed E-state index contributed by atoms with van der Waals surface area (Å²) in [5.41, 5.74) is 1.47. The number of hydrogen-bond donors (Lipinski definition) is 2. The van der Waals surface area contributed by atoms with Crippen LogP contribution < -0.4 is 14.8 Å². The van der Waals surface area contributed by atoms with Crippen molar-refractivity contribution in [3.63, 3.8) is 0 Å². The number of β-amino-alcohol motifs (C(OH)–C–C–N with tert-alkyl or cyclic N) is 1. The van der Waals surface area contributed by atoms with Gasteiger partial charge in [-0.15, -0.1) is 0 Å². The summed E-state index contributed by atoms with van der Waals surface area (Å²) >= 11 is 0. The Morgan fingerprint density at radius 1 is 1.19 bits per heavy atom. The van der Waals surface area contributed by atoms with Crippen LogP contribution in [0.15, 0.2) is 48.5 Å². The number of benzene rings is 2. The highest BCUT2D eigenvalue weighted by atomic mass is 16.6. The molecule has 2 aromatic carbocycles. The molecule has 1 saturated heterocycles. The molecule has 0 radical (unpaired) electrons. The highest BCUT2D eigenvalue weighted by Gasteiger charge is 2.40. The highest BCUT2D eigenvalue weighted by molar-refractivity contribution is 5.98. The third-order valence-corrected chi connectivity index (χ3v) is 4.38. The van der Waals surface area contributed by atoms with Crippen molar-refractivity contribution < 1.29 is 24.2 Å². The number of nitrogens with one attached hydrogen (secondary N) is 1. The number of methoxy groups -OCH3 is 1. The molecule has 1 heterocycles. The molecule has 1 fully saturated rings. The SMILES string of the molecule is COc1ccc(C)cc1NC(=O)[C@@H]1C[C@@H](O)CN1C(=O)Oc1ccccc1. The van der Waals surface area contributed by atoms with Crippen LogP contribution in [-0.2, 0) is 4.79 Å². The van der Waals surface area contributed by atoms with E-state index in [4.69, 9.17) is 9.47 Å². The Balaban J connectivity index is 1.74. The topological polar surface area (TPSA) is 88.1 Å². The molecule has 7 nitrogen and oxygen atoms in total. The molecule has 2 atom stereocenters. The summed E-state index contributed by atoms with van der Waals surface area (Å²) in [4.78, 5) is 26.5. The quantitative estimate of drug-likeness (QED) is 0.864. The van der Waals surface area contributed by atoms with Crippen LogP contribution in [0.3, 0.4) is 0 Å². The van der Waals surface area contributed by atoms with E-state index in [1.807, 2.05) is 19.1 Å². The molecule has 142 valence electrons. The molecule has 0 unspecified atom stereocenters. The van der Waals surface area contributed by atoms with Crippen LogP contribution in [0.1, 0.15) is 12.0 Å². The van der Waals surface area contributed by atoms with Gasteiger partial charge in [0.25, 0.3) is 0 Å². The maximum Gasteiger partial charge on any atom is 0.416 e. The van der Waals surface area contributed by atoms with E-state index in [-0.39, 0.29) is 13.0 Å². The van der Waals surface area contributed by atoms with Gasteiger partial charge in [0, 0.05) is 6.42 Å². The average molecular weight is 370 g/mol. The van der Waals surface area contributed by atoms with Crippen molar-refractivity contribution in [3.8, 4) is 11.5 Å². The monoisotopic (exact) mass is 370 g/mol. The zero-order valence-corrected chi connectivity index (χ0v) is 15.2. The van der Waals surface area contributed by atoms with E-state index in [9.17, 15) is 14.7 Å². The van der Waals surface area contributed by atoms with E-state index in [1.54, 1.807) is 36.4 Å². The third-order valence-electron chi connectivity index (χ3n) is 4.38. The van der Waals surface area contributed by atoms with Gasteiger partial charge in [-0.3, -0.25) is 9.69 Å². The Labute approximate surface area is 157 Å². The van der Waals surface area contributed by atoms with Gasteiger partial charge in [-0.25, -0.2) is 4.79 Å². The summed E-state index contributed by atoms with van der Waals surface area (Å²) in [7, 11) is 1.52. The van der Waals surface area contributed by atoms with E-state index in [1.165, 1.54) is 12.0 Å². The fourth-order valence-corrected chi connectivity index (χ4v) is 3.05. The van der Waals surface area contributed by atoms with Crippen molar-refractivity contribution in [3.05, 3.63) is 54.1 Å². The van der Waals surface area contributed by atoms with Gasteiger partial charge in [0.05, 0.1) is 25.4 Å². The lowest BCUT2D eigenvalue weighted by molar-refractivity contribution is -0.119. The number of amides is 2. The zero-order valence-electron chi connectivity index (χ0n) is 15.2. The van der Waals surface area contributed by atoms with E-state index in [0.29, 0.717) is 17.2 Å². The van der Waals surface area contributed by atoms with Gasteiger partial charge < -0.3 is 19.9 Å². The summed E-state index contributed by atoms with van der Waals surface area (Å²) < 4.78 is 10.6. The first-order valence-corrected chi connectivity index (χ1v) is 8.65. The number of aryl methyl sites for hydroxylation is 1. The van der Waals surface area contributed by atoms with Crippen LogP contribution in [0.2, 0.25) is 0 Å². The first kappa shape index (κ1) is 18.7. The molecule has 27 heavy (non-hydrogen) atoms. The number of para-hydroxylation sites is 1. The summed E-state index contributed by atoms with van der Waals surface area (Å²) in [5, 5.41) is 12.8. The lowest BCUT2D eigenvalue weighted by Gasteiger charge is -2.23. The molecule has 1 aliphatic rings. The predicted octanol–water partition coefficient (Wildman–Crippen LogP) is 2.58. The minimum Gasteiger partial charge on any atom is -0.495 e. The fraction of sp³-hybridized carbons (Fsp3) is 0.300. The second kappa shape index (κ2) is 8.09. The molecule has 2 aromatic rings. The standard InChI is InChI=1S/C20H22N2O5/c1-13-8-9-18(26-2)16(10-13)21-19(24)17-11-14(23)12-22(17)20(25)27-15-6-4-3-5-7-15/h3-10,14,17,23H,11-12H2,1-2H3,(H,21,24)/t14-,17+/m1/s1. The van der Waals surface area contributed by atoms with E-state index >= 15 is 0 Å². The molecule has 0 spiro atoms. The molecule has 0 aliphatic carbocycles. The van der Waals surface area contributed by atoms with Crippen molar-refractivity contribution in [2.24, 2.45) is 0 Å². The Bertz CT molecular complexity index is 824. The van der Waals surface area contributed by atoms with E-state index in [2.05, 4.69) is 5.32 Å². The molecule has 0 aromatic heterocycles. The number of ether oxygens (including phenoxy) is 2. The maximum atomic E-state index is 12.8. The van der Waals surface area contributed by atoms with Crippen LogP contribution in [-0.4, -0.2) is 47.8 Å². The van der Waals surface area contributed by atoms with Crippen molar-refractivity contribution in [1.29, 1.82) is 0 Å². The number of rotatable bonds is 4. The fourth-order valence-electron chi connectivity index (χ4n) is 3.05. The predicted molar refractivity (Wildman–Crippen MR) is 99.9 cm³/mol. The van der Waals surface area contributed by atoms with Crippen LogP contribution in [0.5, 0.6) is 11.5 Å². The lowest BCUT2D eigenvalue weighted by Crippen LogP contribution is -2.44. The molecular weight excluding hydrogens is 348 g/mol. The zero-order chi connectivity index (χ0) is 19.4. The smallest absolute Gasteiger partial charge is 0.416 e. The molecule has 1 aliphatic heterocycles. The van der Waals surface area contributed by atoms with Gasteiger partial charge in [0.1, 0.15) is 17.5 Å². The Kier molecular flexibility index (Phi) is 5.61. The van der Waals surface area contributed by atoms with Crippen molar-refractivity contribution >= 4 is 17.7 Å². The average Bonchev–Trinajstić information content (AvgIpc) is 3.05. The van der Waals surface area contributed by atoms with Crippen LogP contribution in [0.25, 0.3) is 0 Å². The molecule has 2 N–H and O–H groups in total. The molecule has 2 amide bonds. The number of nitrogens with zero attached hydrogens (tertiary/aromatic N) is 1. The molecule has 0 saturated carbocycles. The third kappa shape index (κ3) is 4.38. The largest absolute Gasteiger partial charge is 0.495 e. The van der Waals surface area contributed by atoms with E-state index < -0.39 is 24.1 Å². The maximum absolute atomic E-state index is 12.8. The molecule has 7 heteroatoms. The second-order valence-corrected chi connectivity index (χ2v) is 6.43.